The highest BCUT2D eigenvalue weighted by atomic mass is 16.6. The summed E-state index contributed by atoms with van der Waals surface area (Å²) in [7, 11) is 0. The van der Waals surface area contributed by atoms with Gasteiger partial charge in [0.05, 0.1) is 6.61 Å². The molecule has 1 rings (SSSR count). The molecule has 1 N–H and O–H groups in total. The van der Waals surface area contributed by atoms with E-state index in [1.165, 1.54) is 0 Å². The Kier molecular flexibility index (Phi) is 4.98. The maximum absolute atomic E-state index is 11.2. The van der Waals surface area contributed by atoms with E-state index in [-0.39, 0.29) is 12.2 Å². The van der Waals surface area contributed by atoms with Crippen LogP contribution in [0.3, 0.4) is 0 Å². The molecular formula is C11H16O5. The lowest BCUT2D eigenvalue weighted by Gasteiger charge is -2.13. The summed E-state index contributed by atoms with van der Waals surface area (Å²) in [4.78, 5) is 21.4. The third kappa shape index (κ3) is 4.93. The van der Waals surface area contributed by atoms with E-state index in [1.807, 2.05) is 0 Å². The van der Waals surface area contributed by atoms with Crippen molar-refractivity contribution >= 4 is 11.9 Å². The Balaban J connectivity index is 2.35. The molecule has 0 radical (unpaired) electrons. The molecule has 1 heterocycles. The molecule has 16 heavy (non-hydrogen) atoms. The molecule has 1 fully saturated rings. The van der Waals surface area contributed by atoms with Gasteiger partial charge in [-0.1, -0.05) is 13.3 Å². The summed E-state index contributed by atoms with van der Waals surface area (Å²) in [5.74, 6) is -1.79. The summed E-state index contributed by atoms with van der Waals surface area (Å²) < 4.78 is 10.2. The first-order valence-electron chi connectivity index (χ1n) is 5.36. The SMILES string of the molecule is CCCCC(OC(=O)/C=C/C(=O)O)C1CO1. The van der Waals surface area contributed by atoms with Crippen molar-refractivity contribution in [2.45, 2.75) is 38.4 Å². The molecule has 0 bridgehead atoms. The molecule has 0 amide bonds. The van der Waals surface area contributed by atoms with E-state index in [0.717, 1.165) is 31.4 Å². The molecule has 5 heteroatoms. The summed E-state index contributed by atoms with van der Waals surface area (Å²) >= 11 is 0. The molecule has 0 saturated carbocycles. The quantitative estimate of drug-likeness (QED) is 0.401. The van der Waals surface area contributed by atoms with Crippen LogP contribution in [0.1, 0.15) is 26.2 Å². The third-order valence-corrected chi connectivity index (χ3v) is 2.25. The second-order valence-corrected chi connectivity index (χ2v) is 3.66. The first-order valence-corrected chi connectivity index (χ1v) is 5.36. The lowest BCUT2D eigenvalue weighted by Crippen LogP contribution is -2.23. The van der Waals surface area contributed by atoms with Crippen molar-refractivity contribution in [2.24, 2.45) is 0 Å². The van der Waals surface area contributed by atoms with Crippen molar-refractivity contribution in [3.8, 4) is 0 Å². The fourth-order valence-corrected chi connectivity index (χ4v) is 1.32. The van der Waals surface area contributed by atoms with Gasteiger partial charge in [-0.25, -0.2) is 9.59 Å². The predicted octanol–water partition coefficient (Wildman–Crippen LogP) is 1.13. The Morgan fingerprint density at radius 2 is 2.25 bits per heavy atom. The van der Waals surface area contributed by atoms with E-state index in [0.29, 0.717) is 6.61 Å². The Morgan fingerprint density at radius 1 is 1.56 bits per heavy atom. The summed E-state index contributed by atoms with van der Waals surface area (Å²) in [5.41, 5.74) is 0. The highest BCUT2D eigenvalue weighted by Crippen LogP contribution is 2.21. The van der Waals surface area contributed by atoms with Gasteiger partial charge in [-0.15, -0.1) is 0 Å². The van der Waals surface area contributed by atoms with Crippen LogP contribution >= 0.6 is 0 Å². The summed E-state index contributed by atoms with van der Waals surface area (Å²) in [6.07, 6.45) is 4.18. The number of carbonyl (C=O) groups excluding carboxylic acids is 1. The van der Waals surface area contributed by atoms with Gasteiger partial charge in [0.1, 0.15) is 12.2 Å². The zero-order chi connectivity index (χ0) is 12.0. The smallest absolute Gasteiger partial charge is 0.331 e. The van der Waals surface area contributed by atoms with Gasteiger partial charge < -0.3 is 14.6 Å². The van der Waals surface area contributed by atoms with Crippen LogP contribution in [-0.2, 0) is 19.1 Å². The summed E-state index contributed by atoms with van der Waals surface area (Å²) in [5, 5.41) is 8.34. The molecule has 0 aromatic heterocycles. The minimum absolute atomic E-state index is 0.00581. The van der Waals surface area contributed by atoms with Crippen LogP contribution < -0.4 is 0 Å². The van der Waals surface area contributed by atoms with Gasteiger partial charge in [0.25, 0.3) is 0 Å². The van der Waals surface area contributed by atoms with Gasteiger partial charge in [0, 0.05) is 12.2 Å². The topological polar surface area (TPSA) is 76.1 Å². The normalized spacial score (nSPS) is 20.7. The second kappa shape index (κ2) is 6.27. The van der Waals surface area contributed by atoms with Crippen molar-refractivity contribution in [2.75, 3.05) is 6.61 Å². The number of aliphatic carboxylic acids is 1. The van der Waals surface area contributed by atoms with Crippen LogP contribution in [0.2, 0.25) is 0 Å². The number of hydrogen-bond acceptors (Lipinski definition) is 4. The van der Waals surface area contributed by atoms with E-state index < -0.39 is 11.9 Å². The van der Waals surface area contributed by atoms with Crippen molar-refractivity contribution in [1.29, 1.82) is 0 Å². The lowest BCUT2D eigenvalue weighted by atomic mass is 10.1. The van der Waals surface area contributed by atoms with Crippen LogP contribution in [0, 0.1) is 0 Å². The van der Waals surface area contributed by atoms with Crippen LogP contribution in [0.25, 0.3) is 0 Å². The molecule has 0 aliphatic carbocycles. The van der Waals surface area contributed by atoms with E-state index in [1.54, 1.807) is 0 Å². The van der Waals surface area contributed by atoms with Crippen molar-refractivity contribution in [3.63, 3.8) is 0 Å². The highest BCUT2D eigenvalue weighted by Gasteiger charge is 2.34. The minimum Gasteiger partial charge on any atom is -0.478 e. The molecule has 1 aliphatic rings. The number of carboxylic acid groups (broad SMARTS) is 1. The van der Waals surface area contributed by atoms with E-state index in [9.17, 15) is 9.59 Å². The van der Waals surface area contributed by atoms with Crippen molar-refractivity contribution < 1.29 is 24.2 Å². The molecule has 1 saturated heterocycles. The second-order valence-electron chi connectivity index (χ2n) is 3.66. The Labute approximate surface area is 94.0 Å². The van der Waals surface area contributed by atoms with E-state index >= 15 is 0 Å². The number of epoxide rings is 1. The molecule has 0 aromatic carbocycles. The van der Waals surface area contributed by atoms with Gasteiger partial charge in [-0.05, 0) is 12.8 Å². The first kappa shape index (κ1) is 12.7. The standard InChI is InChI=1S/C11H16O5/c1-2-3-4-8(9-7-15-9)16-11(14)6-5-10(12)13/h5-6,8-9H,2-4,7H2,1H3,(H,12,13)/b6-5+. The summed E-state index contributed by atoms with van der Waals surface area (Å²) in [6.45, 7) is 2.67. The van der Waals surface area contributed by atoms with Gasteiger partial charge in [-0.2, -0.15) is 0 Å². The van der Waals surface area contributed by atoms with E-state index in [4.69, 9.17) is 14.6 Å². The summed E-state index contributed by atoms with van der Waals surface area (Å²) in [6, 6.07) is 0. The van der Waals surface area contributed by atoms with Gasteiger partial charge >= 0.3 is 11.9 Å². The number of hydrogen-bond donors (Lipinski definition) is 1. The zero-order valence-corrected chi connectivity index (χ0v) is 9.22. The number of carbonyl (C=O) groups is 2. The molecular weight excluding hydrogens is 212 g/mol. The molecule has 90 valence electrons. The number of ether oxygens (including phenoxy) is 2. The molecule has 5 nitrogen and oxygen atoms in total. The first-order chi connectivity index (χ1) is 7.63. The highest BCUT2D eigenvalue weighted by molar-refractivity contribution is 5.90. The molecule has 0 aromatic rings. The number of unbranched alkanes of at least 4 members (excludes halogenated alkanes) is 1. The fraction of sp³-hybridized carbons (Fsp3) is 0.636. The van der Waals surface area contributed by atoms with Crippen LogP contribution in [0.15, 0.2) is 12.2 Å². The predicted molar refractivity (Wildman–Crippen MR) is 55.9 cm³/mol. The Hall–Kier alpha value is -1.36. The number of esters is 1. The zero-order valence-electron chi connectivity index (χ0n) is 9.22. The van der Waals surface area contributed by atoms with Gasteiger partial charge in [0.2, 0.25) is 0 Å². The number of carboxylic acids is 1. The Bertz CT molecular complexity index is 280. The van der Waals surface area contributed by atoms with Gasteiger partial charge in [0.15, 0.2) is 0 Å². The molecule has 1 aliphatic heterocycles. The monoisotopic (exact) mass is 228 g/mol. The average Bonchev–Trinajstić information content (AvgIpc) is 3.05. The fourth-order valence-electron chi connectivity index (χ4n) is 1.32. The lowest BCUT2D eigenvalue weighted by molar-refractivity contribution is -0.145. The molecule has 2 unspecified atom stereocenters. The van der Waals surface area contributed by atoms with Crippen molar-refractivity contribution in [1.82, 2.24) is 0 Å². The third-order valence-electron chi connectivity index (χ3n) is 2.25. The number of rotatable bonds is 7. The van der Waals surface area contributed by atoms with Crippen molar-refractivity contribution in [3.05, 3.63) is 12.2 Å². The van der Waals surface area contributed by atoms with Crippen LogP contribution in [0.5, 0.6) is 0 Å². The maximum atomic E-state index is 11.2. The van der Waals surface area contributed by atoms with Gasteiger partial charge in [-0.3, -0.25) is 0 Å². The average molecular weight is 228 g/mol. The largest absolute Gasteiger partial charge is 0.478 e. The van der Waals surface area contributed by atoms with Crippen LogP contribution in [0.4, 0.5) is 0 Å². The van der Waals surface area contributed by atoms with Crippen LogP contribution in [-0.4, -0.2) is 35.9 Å². The Morgan fingerprint density at radius 3 is 2.75 bits per heavy atom. The minimum atomic E-state index is -1.16. The maximum Gasteiger partial charge on any atom is 0.331 e. The molecule has 2 atom stereocenters. The van der Waals surface area contributed by atoms with E-state index in [2.05, 4.69) is 6.92 Å². The molecule has 0 spiro atoms.